The molecule has 1 atom stereocenters. The van der Waals surface area contributed by atoms with Crippen LogP contribution in [-0.4, -0.2) is 56.5 Å². The molecule has 0 unspecified atom stereocenters. The molecule has 0 amide bonds. The van der Waals surface area contributed by atoms with Crippen molar-refractivity contribution in [1.82, 2.24) is 10.2 Å². The summed E-state index contributed by atoms with van der Waals surface area (Å²) in [7, 11) is -2.88. The summed E-state index contributed by atoms with van der Waals surface area (Å²) < 4.78 is 23.3. The number of rotatable bonds is 4. The van der Waals surface area contributed by atoms with Crippen LogP contribution in [0.3, 0.4) is 0 Å². The highest BCUT2D eigenvalue weighted by Crippen LogP contribution is 2.06. The van der Waals surface area contributed by atoms with Gasteiger partial charge in [-0.3, -0.25) is 4.90 Å². The molecule has 1 fully saturated rings. The molecular formula is C10H23ClN2O2S. The van der Waals surface area contributed by atoms with Gasteiger partial charge in [-0.15, -0.1) is 12.4 Å². The van der Waals surface area contributed by atoms with Gasteiger partial charge in [0.1, 0.15) is 0 Å². The summed E-state index contributed by atoms with van der Waals surface area (Å²) in [6.07, 6.45) is 0. The maximum atomic E-state index is 11.6. The second kappa shape index (κ2) is 6.79. The van der Waals surface area contributed by atoms with Gasteiger partial charge in [-0.2, -0.15) is 0 Å². The van der Waals surface area contributed by atoms with E-state index in [1.807, 2.05) is 0 Å². The number of nitrogens with zero attached hydrogens (tertiary/aromatic N) is 1. The lowest BCUT2D eigenvalue weighted by atomic mass is 10.2. The summed E-state index contributed by atoms with van der Waals surface area (Å²) in [5.41, 5.74) is 0. The van der Waals surface area contributed by atoms with Gasteiger partial charge in [-0.05, 0) is 20.8 Å². The molecule has 4 nitrogen and oxygen atoms in total. The molecule has 0 spiro atoms. The van der Waals surface area contributed by atoms with Crippen LogP contribution in [0.5, 0.6) is 0 Å². The maximum Gasteiger partial charge on any atom is 0.153 e. The molecule has 0 saturated carbocycles. The first-order valence-electron chi connectivity index (χ1n) is 5.60. The molecule has 1 aliphatic rings. The first kappa shape index (κ1) is 16.2. The lowest BCUT2D eigenvalue weighted by Gasteiger charge is -2.33. The number of halogens is 1. The zero-order chi connectivity index (χ0) is 11.5. The third-order valence-corrected chi connectivity index (χ3v) is 5.21. The number of sulfone groups is 1. The third-order valence-electron chi connectivity index (χ3n) is 3.02. The highest BCUT2D eigenvalue weighted by atomic mass is 35.5. The van der Waals surface area contributed by atoms with E-state index in [4.69, 9.17) is 0 Å². The highest BCUT2D eigenvalue weighted by Gasteiger charge is 2.22. The lowest BCUT2D eigenvalue weighted by molar-refractivity contribution is 0.184. The van der Waals surface area contributed by atoms with E-state index in [-0.39, 0.29) is 23.4 Å². The summed E-state index contributed by atoms with van der Waals surface area (Å²) in [6, 6.07) is 0.445. The monoisotopic (exact) mass is 270 g/mol. The molecule has 16 heavy (non-hydrogen) atoms. The molecular weight excluding hydrogens is 248 g/mol. The van der Waals surface area contributed by atoms with Gasteiger partial charge in [-0.25, -0.2) is 8.42 Å². The molecule has 1 rings (SSSR count). The lowest BCUT2D eigenvalue weighted by Crippen LogP contribution is -2.51. The molecule has 6 heteroatoms. The van der Waals surface area contributed by atoms with Gasteiger partial charge >= 0.3 is 0 Å². The molecule has 1 N–H and O–H groups in total. The fraction of sp³-hybridized carbons (Fsp3) is 1.00. The number of hydrogen-bond donors (Lipinski definition) is 1. The molecule has 0 aromatic heterocycles. The van der Waals surface area contributed by atoms with E-state index in [1.165, 1.54) is 0 Å². The van der Waals surface area contributed by atoms with E-state index < -0.39 is 9.84 Å². The van der Waals surface area contributed by atoms with Gasteiger partial charge < -0.3 is 5.32 Å². The topological polar surface area (TPSA) is 49.4 Å². The molecule has 98 valence electrons. The number of nitrogens with one attached hydrogen (secondary N) is 1. The van der Waals surface area contributed by atoms with Gasteiger partial charge in [0.05, 0.1) is 11.0 Å². The van der Waals surface area contributed by atoms with Crippen LogP contribution >= 0.6 is 12.4 Å². The first-order valence-corrected chi connectivity index (χ1v) is 7.31. The average Bonchev–Trinajstić information content (AvgIpc) is 2.16. The second-order valence-electron chi connectivity index (χ2n) is 4.50. The van der Waals surface area contributed by atoms with Crippen LogP contribution in [0, 0.1) is 0 Å². The van der Waals surface area contributed by atoms with E-state index in [0.717, 1.165) is 19.6 Å². The Balaban J connectivity index is 0.00000225. The largest absolute Gasteiger partial charge is 0.314 e. The Morgan fingerprint density at radius 3 is 2.56 bits per heavy atom. The van der Waals surface area contributed by atoms with E-state index in [2.05, 4.69) is 17.1 Å². The molecule has 0 aliphatic carbocycles. The van der Waals surface area contributed by atoms with Gasteiger partial charge in [0, 0.05) is 32.2 Å². The summed E-state index contributed by atoms with van der Waals surface area (Å²) in [4.78, 5) is 2.25. The number of hydrogen-bond acceptors (Lipinski definition) is 4. The predicted octanol–water partition coefficient (Wildman–Crippen LogP) is 0.525. The van der Waals surface area contributed by atoms with E-state index in [0.29, 0.717) is 12.6 Å². The van der Waals surface area contributed by atoms with Gasteiger partial charge in [0.2, 0.25) is 0 Å². The smallest absolute Gasteiger partial charge is 0.153 e. The Hall–Kier alpha value is 0.160. The van der Waals surface area contributed by atoms with Crippen molar-refractivity contribution in [2.24, 2.45) is 0 Å². The number of piperazine rings is 1. The van der Waals surface area contributed by atoms with Crippen molar-refractivity contribution < 1.29 is 8.42 Å². The minimum atomic E-state index is -2.88. The normalized spacial score (nSPS) is 23.1. The predicted molar refractivity (Wildman–Crippen MR) is 70.1 cm³/mol. The molecule has 0 aromatic carbocycles. The summed E-state index contributed by atoms with van der Waals surface area (Å²) in [5.74, 6) is 0.287. The van der Waals surface area contributed by atoms with Crippen LogP contribution in [0.1, 0.15) is 20.8 Å². The Bertz CT molecular complexity index is 293. The van der Waals surface area contributed by atoms with Crippen LogP contribution < -0.4 is 5.32 Å². The fourth-order valence-corrected chi connectivity index (χ4v) is 2.66. The third kappa shape index (κ3) is 4.57. The Labute approximate surface area is 105 Å². The Morgan fingerprint density at radius 2 is 2.06 bits per heavy atom. The van der Waals surface area contributed by atoms with Gasteiger partial charge in [0.25, 0.3) is 0 Å². The van der Waals surface area contributed by atoms with Crippen molar-refractivity contribution in [1.29, 1.82) is 0 Å². The highest BCUT2D eigenvalue weighted by molar-refractivity contribution is 7.92. The molecule has 0 aromatic rings. The molecule has 1 heterocycles. The Kier molecular flexibility index (Phi) is 6.86. The van der Waals surface area contributed by atoms with Gasteiger partial charge in [0.15, 0.2) is 9.84 Å². The zero-order valence-corrected chi connectivity index (χ0v) is 11.9. The minimum absolute atomic E-state index is 0. The SMILES string of the molecule is CC(C)S(=O)(=O)CCN1CCNC[C@@H]1C.Cl. The molecule has 1 saturated heterocycles. The fourth-order valence-electron chi connectivity index (χ4n) is 1.70. The van der Waals surface area contributed by atoms with Crippen LogP contribution in [0.15, 0.2) is 0 Å². The van der Waals surface area contributed by atoms with Crippen molar-refractivity contribution in [2.45, 2.75) is 32.1 Å². The van der Waals surface area contributed by atoms with Crippen molar-refractivity contribution >= 4 is 22.2 Å². The van der Waals surface area contributed by atoms with E-state index in [9.17, 15) is 8.42 Å². The van der Waals surface area contributed by atoms with Gasteiger partial charge in [-0.1, -0.05) is 0 Å². The van der Waals surface area contributed by atoms with E-state index in [1.54, 1.807) is 13.8 Å². The zero-order valence-electron chi connectivity index (χ0n) is 10.3. The standard InChI is InChI=1S/C10H22N2O2S.ClH/c1-9(2)15(13,14)7-6-12-5-4-11-8-10(12)3;/h9-11H,4-8H2,1-3H3;1H/t10-;/m0./s1. The van der Waals surface area contributed by atoms with Crippen molar-refractivity contribution in [3.63, 3.8) is 0 Å². The first-order chi connectivity index (χ1) is 6.93. The average molecular weight is 271 g/mol. The van der Waals surface area contributed by atoms with Crippen LogP contribution in [0.25, 0.3) is 0 Å². The maximum absolute atomic E-state index is 11.6. The van der Waals surface area contributed by atoms with Crippen molar-refractivity contribution in [3.8, 4) is 0 Å². The summed E-state index contributed by atoms with van der Waals surface area (Å²) in [5, 5.41) is 3.04. The van der Waals surface area contributed by atoms with E-state index >= 15 is 0 Å². The molecule has 0 radical (unpaired) electrons. The van der Waals surface area contributed by atoms with Crippen molar-refractivity contribution in [3.05, 3.63) is 0 Å². The molecule has 0 bridgehead atoms. The second-order valence-corrected chi connectivity index (χ2v) is 7.18. The van der Waals surface area contributed by atoms with Crippen LogP contribution in [0.2, 0.25) is 0 Å². The van der Waals surface area contributed by atoms with Crippen LogP contribution in [0.4, 0.5) is 0 Å². The van der Waals surface area contributed by atoms with Crippen molar-refractivity contribution in [2.75, 3.05) is 31.9 Å². The Morgan fingerprint density at radius 1 is 1.44 bits per heavy atom. The minimum Gasteiger partial charge on any atom is -0.314 e. The quantitative estimate of drug-likeness (QED) is 0.810. The van der Waals surface area contributed by atoms with Crippen LogP contribution in [-0.2, 0) is 9.84 Å². The summed E-state index contributed by atoms with van der Waals surface area (Å²) in [6.45, 7) is 9.17. The summed E-state index contributed by atoms with van der Waals surface area (Å²) >= 11 is 0. The molecule has 1 aliphatic heterocycles.